The van der Waals surface area contributed by atoms with E-state index in [1.165, 1.54) is 18.1 Å². The molecule has 5 heteroatoms. The van der Waals surface area contributed by atoms with Crippen molar-refractivity contribution >= 4 is 17.6 Å². The molecule has 0 saturated heterocycles. The predicted octanol–water partition coefficient (Wildman–Crippen LogP) is 5.97. The van der Waals surface area contributed by atoms with Crippen molar-refractivity contribution in [1.29, 1.82) is 0 Å². The molecule has 164 valence electrons. The standard InChI is InChI=1S/C25H33ClO4/c1-7-12-28-23-10-8-20(13-17(23)2)25(5,6)21-9-11-24(18(3)14-21)29-16-22(15-26)30-19(4)27/h8-11,13-14,22H,7,12,15-16H2,1-6H3. The van der Waals surface area contributed by atoms with Crippen LogP contribution in [-0.4, -0.2) is 31.2 Å². The monoisotopic (exact) mass is 432 g/mol. The van der Waals surface area contributed by atoms with Crippen LogP contribution < -0.4 is 9.47 Å². The molecule has 0 heterocycles. The van der Waals surface area contributed by atoms with E-state index in [9.17, 15) is 4.79 Å². The van der Waals surface area contributed by atoms with E-state index < -0.39 is 6.10 Å². The molecular weight excluding hydrogens is 400 g/mol. The summed E-state index contributed by atoms with van der Waals surface area (Å²) in [7, 11) is 0. The van der Waals surface area contributed by atoms with Gasteiger partial charge in [-0.1, -0.05) is 45.0 Å². The van der Waals surface area contributed by atoms with Gasteiger partial charge in [0.2, 0.25) is 0 Å². The molecule has 0 bridgehead atoms. The third-order valence-corrected chi connectivity index (χ3v) is 5.53. The minimum atomic E-state index is -0.462. The number of esters is 1. The van der Waals surface area contributed by atoms with Crippen molar-refractivity contribution in [3.63, 3.8) is 0 Å². The number of aryl methyl sites for hydroxylation is 2. The molecule has 0 radical (unpaired) electrons. The maximum absolute atomic E-state index is 11.1. The van der Waals surface area contributed by atoms with E-state index in [0.29, 0.717) is 0 Å². The van der Waals surface area contributed by atoms with Gasteiger partial charge in [0.1, 0.15) is 24.2 Å². The Bertz CT molecular complexity index is 860. The lowest BCUT2D eigenvalue weighted by Gasteiger charge is -2.28. The highest BCUT2D eigenvalue weighted by atomic mass is 35.5. The van der Waals surface area contributed by atoms with Crippen molar-refractivity contribution in [1.82, 2.24) is 0 Å². The zero-order chi connectivity index (χ0) is 22.3. The average Bonchev–Trinajstić information content (AvgIpc) is 2.70. The summed E-state index contributed by atoms with van der Waals surface area (Å²) in [4.78, 5) is 11.1. The van der Waals surface area contributed by atoms with Gasteiger partial charge in [-0.25, -0.2) is 0 Å². The van der Waals surface area contributed by atoms with Gasteiger partial charge in [0.05, 0.1) is 12.5 Å². The first-order chi connectivity index (χ1) is 14.2. The summed E-state index contributed by atoms with van der Waals surface area (Å²) in [5.41, 5.74) is 4.42. The van der Waals surface area contributed by atoms with Crippen LogP contribution in [0.1, 0.15) is 56.4 Å². The normalized spacial score (nSPS) is 12.4. The Morgan fingerprint density at radius 3 is 1.97 bits per heavy atom. The molecule has 0 aliphatic carbocycles. The maximum Gasteiger partial charge on any atom is 0.303 e. The van der Waals surface area contributed by atoms with Crippen LogP contribution in [0, 0.1) is 13.8 Å². The number of benzene rings is 2. The molecule has 0 aliphatic rings. The zero-order valence-electron chi connectivity index (χ0n) is 18.9. The highest BCUT2D eigenvalue weighted by Crippen LogP contribution is 2.36. The van der Waals surface area contributed by atoms with Crippen molar-refractivity contribution in [3.8, 4) is 11.5 Å². The first-order valence-corrected chi connectivity index (χ1v) is 10.9. The van der Waals surface area contributed by atoms with E-state index in [4.69, 9.17) is 25.8 Å². The number of carbonyl (C=O) groups is 1. The molecule has 0 fully saturated rings. The Morgan fingerprint density at radius 2 is 1.53 bits per heavy atom. The zero-order valence-corrected chi connectivity index (χ0v) is 19.6. The van der Waals surface area contributed by atoms with Gasteiger partial charge in [-0.15, -0.1) is 11.6 Å². The van der Waals surface area contributed by atoms with E-state index in [-0.39, 0.29) is 23.9 Å². The predicted molar refractivity (Wildman–Crippen MR) is 122 cm³/mol. The number of carbonyl (C=O) groups excluding carboxylic acids is 1. The van der Waals surface area contributed by atoms with Gasteiger partial charge in [-0.3, -0.25) is 4.79 Å². The second-order valence-corrected chi connectivity index (χ2v) is 8.44. The molecule has 0 saturated carbocycles. The highest BCUT2D eigenvalue weighted by molar-refractivity contribution is 6.18. The van der Waals surface area contributed by atoms with Crippen LogP contribution in [-0.2, 0) is 14.9 Å². The molecule has 1 unspecified atom stereocenters. The minimum Gasteiger partial charge on any atom is -0.493 e. The van der Waals surface area contributed by atoms with Gasteiger partial charge in [0.25, 0.3) is 0 Å². The molecule has 0 aliphatic heterocycles. The summed E-state index contributed by atoms with van der Waals surface area (Å²) >= 11 is 5.86. The summed E-state index contributed by atoms with van der Waals surface area (Å²) < 4.78 is 16.8. The third-order valence-electron chi connectivity index (χ3n) is 5.18. The van der Waals surface area contributed by atoms with E-state index >= 15 is 0 Å². The Balaban J connectivity index is 2.17. The van der Waals surface area contributed by atoms with Gasteiger partial charge >= 0.3 is 5.97 Å². The van der Waals surface area contributed by atoms with Gasteiger partial charge in [0, 0.05) is 12.3 Å². The maximum atomic E-state index is 11.1. The third kappa shape index (κ3) is 6.15. The molecule has 0 amide bonds. The van der Waals surface area contributed by atoms with Gasteiger partial charge in [0.15, 0.2) is 0 Å². The first kappa shape index (κ1) is 24.1. The molecule has 1 atom stereocenters. The molecule has 30 heavy (non-hydrogen) atoms. The Kier molecular flexibility index (Phi) is 8.60. The van der Waals surface area contributed by atoms with Crippen molar-refractivity contribution in [2.24, 2.45) is 0 Å². The SMILES string of the molecule is CCCOc1ccc(C(C)(C)c2ccc(OCC(CCl)OC(C)=O)c(C)c2)cc1C. The minimum absolute atomic E-state index is 0.173. The first-order valence-electron chi connectivity index (χ1n) is 10.4. The van der Waals surface area contributed by atoms with E-state index in [2.05, 4.69) is 58.0 Å². The van der Waals surface area contributed by atoms with Crippen molar-refractivity contribution < 1.29 is 19.0 Å². The number of ether oxygens (including phenoxy) is 3. The van der Waals surface area contributed by atoms with Crippen LogP contribution in [0.5, 0.6) is 11.5 Å². The van der Waals surface area contributed by atoms with Crippen LogP contribution in [0.4, 0.5) is 0 Å². The molecular formula is C25H33ClO4. The summed E-state index contributed by atoms with van der Waals surface area (Å²) in [5.74, 6) is 1.54. The summed E-state index contributed by atoms with van der Waals surface area (Å²) in [5, 5.41) is 0. The van der Waals surface area contributed by atoms with E-state index in [1.807, 2.05) is 13.0 Å². The number of alkyl halides is 1. The quantitative estimate of drug-likeness (QED) is 0.343. The molecule has 4 nitrogen and oxygen atoms in total. The summed E-state index contributed by atoms with van der Waals surface area (Å²) in [6, 6.07) is 12.6. The number of hydrogen-bond donors (Lipinski definition) is 0. The number of rotatable bonds is 10. The fraction of sp³-hybridized carbons (Fsp3) is 0.480. The number of hydrogen-bond acceptors (Lipinski definition) is 4. The molecule has 0 spiro atoms. The van der Waals surface area contributed by atoms with Crippen LogP contribution in [0.2, 0.25) is 0 Å². The molecule has 0 aromatic heterocycles. The second-order valence-electron chi connectivity index (χ2n) is 8.13. The lowest BCUT2D eigenvalue weighted by Crippen LogP contribution is -2.26. The van der Waals surface area contributed by atoms with Crippen LogP contribution in [0.25, 0.3) is 0 Å². The smallest absolute Gasteiger partial charge is 0.303 e. The van der Waals surface area contributed by atoms with Gasteiger partial charge < -0.3 is 14.2 Å². The fourth-order valence-electron chi connectivity index (χ4n) is 3.31. The summed E-state index contributed by atoms with van der Waals surface area (Å²) in [6.07, 6.45) is 0.531. The topological polar surface area (TPSA) is 44.8 Å². The van der Waals surface area contributed by atoms with Crippen LogP contribution >= 0.6 is 11.6 Å². The molecule has 2 aromatic rings. The molecule has 0 N–H and O–H groups in total. The van der Waals surface area contributed by atoms with Crippen LogP contribution in [0.15, 0.2) is 36.4 Å². The Labute approximate surface area is 185 Å². The Morgan fingerprint density at radius 1 is 1.00 bits per heavy atom. The number of halogens is 1. The largest absolute Gasteiger partial charge is 0.493 e. The fourth-order valence-corrected chi connectivity index (χ4v) is 3.46. The highest BCUT2D eigenvalue weighted by Gasteiger charge is 2.25. The average molecular weight is 433 g/mol. The molecule has 2 aromatic carbocycles. The van der Waals surface area contributed by atoms with E-state index in [1.54, 1.807) is 0 Å². The van der Waals surface area contributed by atoms with Crippen LogP contribution in [0.3, 0.4) is 0 Å². The van der Waals surface area contributed by atoms with Crippen molar-refractivity contribution in [3.05, 3.63) is 58.7 Å². The van der Waals surface area contributed by atoms with Gasteiger partial charge in [-0.05, 0) is 54.7 Å². The molecule has 2 rings (SSSR count). The van der Waals surface area contributed by atoms with Crippen molar-refractivity contribution in [2.45, 2.75) is 59.5 Å². The second kappa shape index (κ2) is 10.7. The lowest BCUT2D eigenvalue weighted by molar-refractivity contribution is -0.146. The Hall–Kier alpha value is -2.20. The van der Waals surface area contributed by atoms with Crippen molar-refractivity contribution in [2.75, 3.05) is 19.1 Å². The van der Waals surface area contributed by atoms with E-state index in [0.717, 1.165) is 35.7 Å². The lowest BCUT2D eigenvalue weighted by atomic mass is 9.77. The summed E-state index contributed by atoms with van der Waals surface area (Å²) in [6.45, 7) is 13.0. The van der Waals surface area contributed by atoms with Gasteiger partial charge in [-0.2, -0.15) is 0 Å².